The van der Waals surface area contributed by atoms with Crippen LogP contribution in [0.3, 0.4) is 0 Å². The number of nitrogens with zero attached hydrogens (tertiary/aromatic N) is 1. The van der Waals surface area contributed by atoms with E-state index in [0.717, 1.165) is 22.6 Å². The molecule has 0 aliphatic rings. The van der Waals surface area contributed by atoms with Gasteiger partial charge in [0.15, 0.2) is 0 Å². The molecule has 0 unspecified atom stereocenters. The van der Waals surface area contributed by atoms with Crippen LogP contribution in [0, 0.1) is 13.8 Å². The van der Waals surface area contributed by atoms with E-state index in [1.165, 1.54) is 11.1 Å². The average molecular weight is 399 g/mol. The number of ether oxygens (including phenoxy) is 1. The smallest absolute Gasteiger partial charge is 0.119 e. The predicted octanol–water partition coefficient (Wildman–Crippen LogP) is 6.64. The third-order valence-corrected chi connectivity index (χ3v) is 4.79. The van der Waals surface area contributed by atoms with Crippen molar-refractivity contribution in [1.82, 2.24) is 0 Å². The van der Waals surface area contributed by atoms with Crippen LogP contribution in [-0.2, 0) is 6.61 Å². The maximum atomic E-state index is 6.16. The van der Waals surface area contributed by atoms with Crippen LogP contribution in [0.4, 0.5) is 5.69 Å². The Labute approximate surface area is 169 Å². The summed E-state index contributed by atoms with van der Waals surface area (Å²) in [5.74, 6) is 0.764. The van der Waals surface area contributed by atoms with Gasteiger partial charge in [0.2, 0.25) is 0 Å². The first-order chi connectivity index (χ1) is 13.0. The molecular formula is C22H20Cl2N2O. The summed E-state index contributed by atoms with van der Waals surface area (Å²) in [4.78, 5) is 0. The number of hydrazone groups is 1. The van der Waals surface area contributed by atoms with Gasteiger partial charge < -0.3 is 4.74 Å². The van der Waals surface area contributed by atoms with Crippen LogP contribution in [0.1, 0.15) is 22.3 Å². The van der Waals surface area contributed by atoms with E-state index in [1.807, 2.05) is 36.4 Å². The van der Waals surface area contributed by atoms with E-state index in [1.54, 1.807) is 18.3 Å². The molecule has 0 saturated heterocycles. The van der Waals surface area contributed by atoms with E-state index < -0.39 is 0 Å². The highest BCUT2D eigenvalue weighted by Crippen LogP contribution is 2.23. The highest BCUT2D eigenvalue weighted by molar-refractivity contribution is 6.35. The molecule has 0 heterocycles. The van der Waals surface area contributed by atoms with Crippen molar-refractivity contribution in [2.75, 3.05) is 5.43 Å². The normalized spacial score (nSPS) is 11.0. The van der Waals surface area contributed by atoms with Crippen molar-refractivity contribution in [2.24, 2.45) is 5.10 Å². The van der Waals surface area contributed by atoms with Gasteiger partial charge in [0.05, 0.1) is 11.9 Å². The van der Waals surface area contributed by atoms with Crippen LogP contribution in [0.5, 0.6) is 5.75 Å². The molecule has 0 aromatic heterocycles. The number of nitrogens with one attached hydrogen (secondary N) is 1. The van der Waals surface area contributed by atoms with Crippen molar-refractivity contribution in [3.63, 3.8) is 0 Å². The molecule has 0 radical (unpaired) electrons. The Morgan fingerprint density at radius 3 is 2.41 bits per heavy atom. The van der Waals surface area contributed by atoms with Crippen LogP contribution < -0.4 is 10.2 Å². The zero-order valence-electron chi connectivity index (χ0n) is 15.2. The molecule has 0 aliphatic heterocycles. The van der Waals surface area contributed by atoms with Crippen LogP contribution in [0.15, 0.2) is 65.8 Å². The largest absolute Gasteiger partial charge is 0.489 e. The fraction of sp³-hybridized carbons (Fsp3) is 0.136. The number of anilines is 1. The Hall–Kier alpha value is -2.49. The molecule has 0 saturated carbocycles. The molecule has 0 bridgehead atoms. The second-order valence-electron chi connectivity index (χ2n) is 6.26. The molecule has 0 amide bonds. The van der Waals surface area contributed by atoms with Gasteiger partial charge in [-0.3, -0.25) is 5.43 Å². The van der Waals surface area contributed by atoms with Gasteiger partial charge in [-0.15, -0.1) is 0 Å². The lowest BCUT2D eigenvalue weighted by Crippen LogP contribution is -1.96. The summed E-state index contributed by atoms with van der Waals surface area (Å²) in [5, 5.41) is 5.49. The second kappa shape index (κ2) is 8.94. The highest BCUT2D eigenvalue weighted by atomic mass is 35.5. The number of halogens is 2. The van der Waals surface area contributed by atoms with Crippen LogP contribution in [-0.4, -0.2) is 6.21 Å². The summed E-state index contributed by atoms with van der Waals surface area (Å²) in [5.41, 5.74) is 8.38. The van der Waals surface area contributed by atoms with E-state index >= 15 is 0 Å². The minimum atomic E-state index is 0.387. The zero-order chi connectivity index (χ0) is 19.2. The molecule has 0 spiro atoms. The molecule has 3 rings (SSSR count). The third kappa shape index (κ3) is 5.49. The Bertz CT molecular complexity index is 953. The van der Waals surface area contributed by atoms with Gasteiger partial charge in [-0.2, -0.15) is 5.10 Å². The maximum Gasteiger partial charge on any atom is 0.119 e. The van der Waals surface area contributed by atoms with Crippen molar-refractivity contribution >= 4 is 35.1 Å². The summed E-state index contributed by atoms with van der Waals surface area (Å²) in [6, 6.07) is 19.2. The quantitative estimate of drug-likeness (QED) is 0.373. The molecule has 138 valence electrons. The standard InChI is InChI=1S/C22H20Cl2N2O/c1-15-3-8-20(11-16(15)2)26-25-13-17-4-9-21(10-5-17)27-14-18-6-7-19(23)12-22(18)24/h3-13,26H,14H2,1-2H3. The molecule has 0 aliphatic carbocycles. The Morgan fingerprint density at radius 2 is 1.70 bits per heavy atom. The molecule has 27 heavy (non-hydrogen) atoms. The number of hydrogen-bond acceptors (Lipinski definition) is 3. The summed E-state index contributed by atoms with van der Waals surface area (Å²) >= 11 is 12.1. The SMILES string of the molecule is Cc1ccc(NN=Cc2ccc(OCc3ccc(Cl)cc3Cl)cc2)cc1C. The van der Waals surface area contributed by atoms with Gasteiger partial charge in [0, 0.05) is 15.6 Å². The van der Waals surface area contributed by atoms with E-state index in [4.69, 9.17) is 27.9 Å². The summed E-state index contributed by atoms with van der Waals surface area (Å²) < 4.78 is 5.78. The van der Waals surface area contributed by atoms with E-state index in [-0.39, 0.29) is 0 Å². The van der Waals surface area contributed by atoms with Gasteiger partial charge in [-0.05, 0) is 79.1 Å². The lowest BCUT2D eigenvalue weighted by atomic mass is 10.1. The molecule has 3 aromatic carbocycles. The molecule has 1 N–H and O–H groups in total. The van der Waals surface area contributed by atoms with Crippen molar-refractivity contribution < 1.29 is 4.74 Å². The number of benzene rings is 3. The van der Waals surface area contributed by atoms with Crippen LogP contribution >= 0.6 is 23.2 Å². The highest BCUT2D eigenvalue weighted by Gasteiger charge is 2.02. The Kier molecular flexibility index (Phi) is 6.38. The second-order valence-corrected chi connectivity index (χ2v) is 7.11. The van der Waals surface area contributed by atoms with Gasteiger partial charge in [-0.25, -0.2) is 0 Å². The summed E-state index contributed by atoms with van der Waals surface area (Å²) in [7, 11) is 0. The van der Waals surface area contributed by atoms with Crippen molar-refractivity contribution in [2.45, 2.75) is 20.5 Å². The topological polar surface area (TPSA) is 33.6 Å². The van der Waals surface area contributed by atoms with Crippen LogP contribution in [0.25, 0.3) is 0 Å². The van der Waals surface area contributed by atoms with Crippen molar-refractivity contribution in [3.05, 3.63) is 93.0 Å². The van der Waals surface area contributed by atoms with Gasteiger partial charge in [0.25, 0.3) is 0 Å². The molecule has 0 fully saturated rings. The molecule has 3 nitrogen and oxygen atoms in total. The van der Waals surface area contributed by atoms with Gasteiger partial charge >= 0.3 is 0 Å². The third-order valence-electron chi connectivity index (χ3n) is 4.20. The Balaban J connectivity index is 1.55. The number of hydrogen-bond donors (Lipinski definition) is 1. The van der Waals surface area contributed by atoms with Crippen LogP contribution in [0.2, 0.25) is 10.0 Å². The molecular weight excluding hydrogens is 379 g/mol. The monoisotopic (exact) mass is 398 g/mol. The number of rotatable bonds is 6. The zero-order valence-corrected chi connectivity index (χ0v) is 16.7. The molecule has 5 heteroatoms. The fourth-order valence-electron chi connectivity index (χ4n) is 2.44. The van der Waals surface area contributed by atoms with E-state index in [9.17, 15) is 0 Å². The first-order valence-corrected chi connectivity index (χ1v) is 9.30. The first kappa shape index (κ1) is 19.3. The summed E-state index contributed by atoms with van der Waals surface area (Å²) in [6.45, 7) is 4.56. The minimum Gasteiger partial charge on any atom is -0.489 e. The van der Waals surface area contributed by atoms with E-state index in [0.29, 0.717) is 16.7 Å². The molecule has 0 atom stereocenters. The predicted molar refractivity (Wildman–Crippen MR) is 114 cm³/mol. The van der Waals surface area contributed by atoms with Gasteiger partial charge in [0.1, 0.15) is 12.4 Å². The minimum absolute atomic E-state index is 0.387. The van der Waals surface area contributed by atoms with Gasteiger partial charge in [-0.1, -0.05) is 35.3 Å². The Morgan fingerprint density at radius 1 is 0.926 bits per heavy atom. The lowest BCUT2D eigenvalue weighted by Gasteiger charge is -2.08. The number of aryl methyl sites for hydroxylation is 2. The fourth-order valence-corrected chi connectivity index (χ4v) is 2.91. The molecule has 3 aromatic rings. The lowest BCUT2D eigenvalue weighted by molar-refractivity contribution is 0.306. The average Bonchev–Trinajstić information content (AvgIpc) is 2.65. The summed E-state index contributed by atoms with van der Waals surface area (Å²) in [6.07, 6.45) is 1.77. The van der Waals surface area contributed by atoms with Crippen molar-refractivity contribution in [1.29, 1.82) is 0 Å². The van der Waals surface area contributed by atoms with E-state index in [2.05, 4.69) is 36.5 Å². The maximum absolute atomic E-state index is 6.16. The van der Waals surface area contributed by atoms with Crippen molar-refractivity contribution in [3.8, 4) is 5.75 Å². The first-order valence-electron chi connectivity index (χ1n) is 8.54.